The largest absolute Gasteiger partial charge is 0.507 e. The number of aliphatic hydroxyl groups excluding tert-OH is 1. The van der Waals surface area contributed by atoms with Gasteiger partial charge in [-0.1, -0.05) is 24.8 Å². The van der Waals surface area contributed by atoms with E-state index < -0.39 is 17.7 Å². The molecule has 1 aromatic carbocycles. The minimum absolute atomic E-state index is 0.0841. The molecular formula is C24H27N3O4. The highest BCUT2D eigenvalue weighted by Crippen LogP contribution is 2.39. The van der Waals surface area contributed by atoms with E-state index in [-0.39, 0.29) is 11.3 Å². The summed E-state index contributed by atoms with van der Waals surface area (Å²) >= 11 is 0. The summed E-state index contributed by atoms with van der Waals surface area (Å²) in [6.45, 7) is 5.18. The normalized spacial score (nSPS) is 17.9. The topological polar surface area (TPSA) is 83.0 Å². The van der Waals surface area contributed by atoms with Crippen LogP contribution in [-0.4, -0.2) is 65.4 Å². The van der Waals surface area contributed by atoms with E-state index in [1.807, 2.05) is 31.1 Å². The van der Waals surface area contributed by atoms with Crippen molar-refractivity contribution in [3.8, 4) is 5.75 Å². The molecular weight excluding hydrogens is 394 g/mol. The van der Waals surface area contributed by atoms with Crippen LogP contribution in [0.15, 0.2) is 67.0 Å². The van der Waals surface area contributed by atoms with Gasteiger partial charge < -0.3 is 19.6 Å². The molecule has 0 saturated carbocycles. The molecule has 31 heavy (non-hydrogen) atoms. The number of hydrogen-bond donors (Lipinski definition) is 1. The van der Waals surface area contributed by atoms with Crippen molar-refractivity contribution < 1.29 is 19.4 Å². The molecule has 1 saturated heterocycles. The molecule has 3 rings (SSSR count). The second kappa shape index (κ2) is 10.0. The number of carbonyl (C=O) groups excluding carboxylic acids is 2. The molecule has 1 N–H and O–H groups in total. The van der Waals surface area contributed by atoms with E-state index in [9.17, 15) is 14.7 Å². The average Bonchev–Trinajstić information content (AvgIpc) is 3.03. The van der Waals surface area contributed by atoms with Crippen LogP contribution in [0.4, 0.5) is 0 Å². The molecule has 1 unspecified atom stereocenters. The van der Waals surface area contributed by atoms with Gasteiger partial charge in [0.15, 0.2) is 0 Å². The van der Waals surface area contributed by atoms with Gasteiger partial charge in [0, 0.05) is 24.5 Å². The first kappa shape index (κ1) is 22.2. The zero-order valence-electron chi connectivity index (χ0n) is 17.8. The van der Waals surface area contributed by atoms with Crippen molar-refractivity contribution in [2.45, 2.75) is 12.5 Å². The van der Waals surface area contributed by atoms with Crippen molar-refractivity contribution in [3.63, 3.8) is 0 Å². The lowest BCUT2D eigenvalue weighted by atomic mass is 9.95. The van der Waals surface area contributed by atoms with Crippen LogP contribution in [0.5, 0.6) is 5.75 Å². The van der Waals surface area contributed by atoms with Crippen LogP contribution in [0, 0.1) is 0 Å². The molecule has 0 spiro atoms. The van der Waals surface area contributed by atoms with Crippen molar-refractivity contribution in [2.75, 3.05) is 33.8 Å². The molecule has 1 fully saturated rings. The zero-order chi connectivity index (χ0) is 22.4. The van der Waals surface area contributed by atoms with Gasteiger partial charge in [0.05, 0.1) is 11.6 Å². The number of aromatic nitrogens is 1. The van der Waals surface area contributed by atoms with Crippen molar-refractivity contribution >= 4 is 17.4 Å². The number of aliphatic hydroxyl groups is 1. The summed E-state index contributed by atoms with van der Waals surface area (Å²) in [5, 5.41) is 11.0. The minimum atomic E-state index is -0.684. The molecule has 0 aliphatic carbocycles. The highest BCUT2D eigenvalue weighted by molar-refractivity contribution is 6.46. The van der Waals surface area contributed by atoms with Crippen LogP contribution in [0.3, 0.4) is 0 Å². The summed E-state index contributed by atoms with van der Waals surface area (Å²) in [6.07, 6.45) is 5.42. The fourth-order valence-corrected chi connectivity index (χ4v) is 3.58. The van der Waals surface area contributed by atoms with Gasteiger partial charge >= 0.3 is 0 Å². The summed E-state index contributed by atoms with van der Waals surface area (Å²) in [5.41, 5.74) is 1.25. The molecule has 1 aliphatic heterocycles. The van der Waals surface area contributed by atoms with Crippen LogP contribution in [0.25, 0.3) is 5.76 Å². The van der Waals surface area contributed by atoms with Gasteiger partial charge in [0.2, 0.25) is 0 Å². The van der Waals surface area contributed by atoms with E-state index in [4.69, 9.17) is 4.74 Å². The maximum atomic E-state index is 12.9. The van der Waals surface area contributed by atoms with Crippen LogP contribution < -0.4 is 4.74 Å². The molecule has 162 valence electrons. The van der Waals surface area contributed by atoms with Gasteiger partial charge in [0.1, 0.15) is 18.1 Å². The smallest absolute Gasteiger partial charge is 0.295 e. The Morgan fingerprint density at radius 3 is 2.48 bits per heavy atom. The van der Waals surface area contributed by atoms with Crippen LogP contribution in [0.2, 0.25) is 0 Å². The number of hydrogen-bond acceptors (Lipinski definition) is 6. The fourth-order valence-electron chi connectivity index (χ4n) is 3.58. The Hall–Kier alpha value is -3.45. The monoisotopic (exact) mass is 421 g/mol. The van der Waals surface area contributed by atoms with Crippen LogP contribution in [-0.2, 0) is 9.59 Å². The van der Waals surface area contributed by atoms with Gasteiger partial charge in [-0.05, 0) is 56.9 Å². The number of amides is 1. The van der Waals surface area contributed by atoms with Gasteiger partial charge in [-0.2, -0.15) is 0 Å². The predicted octanol–water partition coefficient (Wildman–Crippen LogP) is 3.02. The number of rotatable bonds is 9. The molecule has 7 heteroatoms. The Balaban J connectivity index is 2.02. The van der Waals surface area contributed by atoms with Crippen LogP contribution in [0.1, 0.15) is 23.6 Å². The number of likely N-dealkylation sites (tertiary alicyclic amines) is 1. The number of carbonyl (C=O) groups is 2. The van der Waals surface area contributed by atoms with Gasteiger partial charge in [-0.3, -0.25) is 14.6 Å². The first-order chi connectivity index (χ1) is 14.9. The second-order valence-corrected chi connectivity index (χ2v) is 7.55. The lowest BCUT2D eigenvalue weighted by molar-refractivity contribution is -0.139. The highest BCUT2D eigenvalue weighted by Gasteiger charge is 2.45. The minimum Gasteiger partial charge on any atom is -0.507 e. The van der Waals surface area contributed by atoms with E-state index in [0.717, 1.165) is 12.1 Å². The number of benzene rings is 1. The Morgan fingerprint density at radius 1 is 1.19 bits per heavy atom. The van der Waals surface area contributed by atoms with Gasteiger partial charge in [0.25, 0.3) is 11.7 Å². The number of pyridine rings is 1. The lowest BCUT2D eigenvalue weighted by Crippen LogP contribution is -2.32. The number of ether oxygens (including phenoxy) is 1. The lowest BCUT2D eigenvalue weighted by Gasteiger charge is -2.26. The molecule has 1 aliphatic rings. The summed E-state index contributed by atoms with van der Waals surface area (Å²) in [4.78, 5) is 33.3. The quantitative estimate of drug-likeness (QED) is 0.290. The standard InChI is InChI=1S/C24H27N3O4/c1-4-16-31-19-8-6-17(7-9-19)21-20(22(28)18-10-12-25-13-11-18)23(29)24(30)27(21)15-5-14-26(2)3/h4,6-13,21,28H,1,5,14-16H2,2-3H3/b22-20-. The van der Waals surface area contributed by atoms with Crippen molar-refractivity contribution in [1.29, 1.82) is 0 Å². The van der Waals surface area contributed by atoms with E-state index in [2.05, 4.69) is 11.6 Å². The summed E-state index contributed by atoms with van der Waals surface area (Å²) in [5.74, 6) is -0.835. The van der Waals surface area contributed by atoms with E-state index >= 15 is 0 Å². The van der Waals surface area contributed by atoms with E-state index in [1.165, 1.54) is 17.3 Å². The average molecular weight is 421 g/mol. The molecule has 7 nitrogen and oxygen atoms in total. The third-order valence-electron chi connectivity index (χ3n) is 5.06. The van der Waals surface area contributed by atoms with Crippen molar-refractivity contribution in [1.82, 2.24) is 14.8 Å². The zero-order valence-corrected chi connectivity index (χ0v) is 17.8. The Morgan fingerprint density at radius 2 is 1.87 bits per heavy atom. The van der Waals surface area contributed by atoms with Gasteiger partial charge in [-0.25, -0.2) is 0 Å². The third kappa shape index (κ3) is 5.00. The first-order valence-corrected chi connectivity index (χ1v) is 10.1. The van der Waals surface area contributed by atoms with Crippen molar-refractivity contribution in [3.05, 3.63) is 78.1 Å². The number of ketones is 1. The Bertz CT molecular complexity index is 968. The summed E-state index contributed by atoms with van der Waals surface area (Å²) < 4.78 is 5.54. The summed E-state index contributed by atoms with van der Waals surface area (Å²) in [7, 11) is 3.91. The molecule has 1 amide bonds. The number of Topliss-reactive ketones (excluding diaryl/α,β-unsaturated/α-hetero) is 1. The molecule has 1 aromatic heterocycles. The maximum Gasteiger partial charge on any atom is 0.295 e. The summed E-state index contributed by atoms with van der Waals surface area (Å²) in [6, 6.07) is 9.73. The van der Waals surface area contributed by atoms with Crippen molar-refractivity contribution in [2.24, 2.45) is 0 Å². The number of nitrogens with zero attached hydrogens (tertiary/aromatic N) is 3. The molecule has 1 atom stereocenters. The Labute approximate surface area is 182 Å². The highest BCUT2D eigenvalue weighted by atomic mass is 16.5. The van der Waals surface area contributed by atoms with E-state index in [0.29, 0.717) is 30.9 Å². The second-order valence-electron chi connectivity index (χ2n) is 7.55. The molecule has 0 bridgehead atoms. The molecule has 2 aromatic rings. The Kier molecular flexibility index (Phi) is 7.20. The van der Waals surface area contributed by atoms with E-state index in [1.54, 1.807) is 30.3 Å². The SMILES string of the molecule is C=CCOc1ccc(C2/C(=C(/O)c3ccncc3)C(=O)C(=O)N2CCCN(C)C)cc1. The van der Waals surface area contributed by atoms with Gasteiger partial charge in [-0.15, -0.1) is 0 Å². The molecule has 2 heterocycles. The first-order valence-electron chi connectivity index (χ1n) is 10.1. The third-order valence-corrected chi connectivity index (χ3v) is 5.06. The maximum absolute atomic E-state index is 12.9. The molecule has 0 radical (unpaired) electrons. The predicted molar refractivity (Wildman–Crippen MR) is 119 cm³/mol. The fraction of sp³-hybridized carbons (Fsp3) is 0.292. The van der Waals surface area contributed by atoms with Crippen LogP contribution >= 0.6 is 0 Å².